The summed E-state index contributed by atoms with van der Waals surface area (Å²) in [4.78, 5) is 0. The van der Waals surface area contributed by atoms with E-state index in [0.29, 0.717) is 12.1 Å². The molecule has 0 aromatic heterocycles. The van der Waals surface area contributed by atoms with Crippen molar-refractivity contribution in [2.24, 2.45) is 0 Å². The van der Waals surface area contributed by atoms with Crippen LogP contribution < -0.4 is 5.32 Å². The summed E-state index contributed by atoms with van der Waals surface area (Å²) in [7, 11) is 0. The second-order valence-corrected chi connectivity index (χ2v) is 5.57. The molecular weight excluding hydrogens is 319 g/mol. The summed E-state index contributed by atoms with van der Waals surface area (Å²) in [5.74, 6) is -0.449. The van der Waals surface area contributed by atoms with Crippen LogP contribution in [0.5, 0.6) is 0 Å². The Morgan fingerprint density at radius 1 is 1.25 bits per heavy atom. The quantitative estimate of drug-likeness (QED) is 0.885. The molecule has 0 aliphatic rings. The molecule has 0 fully saturated rings. The predicted octanol–water partition coefficient (Wildman–Crippen LogP) is 4.69. The van der Waals surface area contributed by atoms with E-state index < -0.39 is 5.82 Å². The summed E-state index contributed by atoms with van der Waals surface area (Å²) in [6.45, 7) is 4.36. The number of nitrogens with zero attached hydrogens (tertiary/aromatic N) is 1. The van der Waals surface area contributed by atoms with Gasteiger partial charge in [-0.05, 0) is 43.2 Å². The van der Waals surface area contributed by atoms with Crippen LogP contribution in [0.2, 0.25) is 0 Å². The van der Waals surface area contributed by atoms with Crippen LogP contribution in [0.4, 0.5) is 10.1 Å². The summed E-state index contributed by atoms with van der Waals surface area (Å²) >= 11 is 3.45. The Kier molecular flexibility index (Phi) is 4.41. The second kappa shape index (κ2) is 6.06. The van der Waals surface area contributed by atoms with Crippen LogP contribution in [0.3, 0.4) is 0 Å². The van der Waals surface area contributed by atoms with Gasteiger partial charge < -0.3 is 5.32 Å². The van der Waals surface area contributed by atoms with Gasteiger partial charge in [-0.1, -0.05) is 28.1 Å². The molecule has 2 aromatic rings. The number of anilines is 1. The molecule has 0 aliphatic heterocycles. The molecule has 20 heavy (non-hydrogen) atoms. The van der Waals surface area contributed by atoms with Gasteiger partial charge >= 0.3 is 0 Å². The first-order chi connectivity index (χ1) is 9.52. The summed E-state index contributed by atoms with van der Waals surface area (Å²) in [6.07, 6.45) is 0. The van der Waals surface area contributed by atoms with Crippen molar-refractivity contribution in [1.82, 2.24) is 0 Å². The first-order valence-corrected chi connectivity index (χ1v) is 7.00. The van der Waals surface area contributed by atoms with E-state index >= 15 is 0 Å². The van der Waals surface area contributed by atoms with Gasteiger partial charge in [-0.15, -0.1) is 0 Å². The molecule has 2 nitrogen and oxygen atoms in total. The number of hydrogen-bond donors (Lipinski definition) is 1. The minimum atomic E-state index is -0.449. The SMILES string of the molecule is Cc1cc(Br)cc(C)c1NCc1cccc(C#N)c1F. The predicted molar refractivity (Wildman–Crippen MR) is 82.1 cm³/mol. The van der Waals surface area contributed by atoms with Gasteiger partial charge in [0.05, 0.1) is 5.56 Å². The molecule has 0 saturated carbocycles. The topological polar surface area (TPSA) is 35.8 Å². The van der Waals surface area contributed by atoms with Crippen LogP contribution in [0.25, 0.3) is 0 Å². The molecular formula is C16H14BrFN2. The first kappa shape index (κ1) is 14.5. The van der Waals surface area contributed by atoms with Crippen molar-refractivity contribution >= 4 is 21.6 Å². The van der Waals surface area contributed by atoms with Crippen LogP contribution in [-0.4, -0.2) is 0 Å². The van der Waals surface area contributed by atoms with Crippen molar-refractivity contribution in [2.75, 3.05) is 5.32 Å². The molecule has 0 spiro atoms. The zero-order valence-electron chi connectivity index (χ0n) is 11.3. The molecule has 0 aliphatic carbocycles. The molecule has 0 amide bonds. The number of aryl methyl sites for hydroxylation is 2. The fraction of sp³-hybridized carbons (Fsp3) is 0.188. The van der Waals surface area contributed by atoms with E-state index in [9.17, 15) is 4.39 Å². The first-order valence-electron chi connectivity index (χ1n) is 6.21. The van der Waals surface area contributed by atoms with Gasteiger partial charge in [0.15, 0.2) is 0 Å². The maximum Gasteiger partial charge on any atom is 0.145 e. The summed E-state index contributed by atoms with van der Waals surface area (Å²) in [6, 6.07) is 10.7. The molecule has 0 unspecified atom stereocenters. The van der Waals surface area contributed by atoms with Crippen molar-refractivity contribution in [3.63, 3.8) is 0 Å². The summed E-state index contributed by atoms with van der Waals surface area (Å²) in [5.41, 5.74) is 3.75. The van der Waals surface area contributed by atoms with Gasteiger partial charge in [0.2, 0.25) is 0 Å². The van der Waals surface area contributed by atoms with E-state index in [0.717, 1.165) is 21.3 Å². The maximum atomic E-state index is 14.0. The number of hydrogen-bond acceptors (Lipinski definition) is 2. The maximum absolute atomic E-state index is 14.0. The van der Waals surface area contributed by atoms with Gasteiger partial charge in [-0.25, -0.2) is 4.39 Å². The Morgan fingerprint density at radius 3 is 2.50 bits per heavy atom. The summed E-state index contributed by atoms with van der Waals surface area (Å²) in [5, 5.41) is 12.1. The number of benzene rings is 2. The van der Waals surface area contributed by atoms with Crippen LogP contribution >= 0.6 is 15.9 Å². The number of rotatable bonds is 3. The zero-order chi connectivity index (χ0) is 14.7. The van der Waals surface area contributed by atoms with Gasteiger partial charge in [0, 0.05) is 22.3 Å². The highest BCUT2D eigenvalue weighted by Crippen LogP contribution is 2.26. The molecule has 1 N–H and O–H groups in total. The standard InChI is InChI=1S/C16H14BrFN2/c1-10-6-14(17)7-11(2)16(10)20-9-13-5-3-4-12(8-19)15(13)18/h3-7,20H,9H2,1-2H3. The van der Waals surface area contributed by atoms with Crippen molar-refractivity contribution in [1.29, 1.82) is 5.26 Å². The monoisotopic (exact) mass is 332 g/mol. The lowest BCUT2D eigenvalue weighted by Gasteiger charge is -2.14. The molecule has 0 saturated heterocycles. The second-order valence-electron chi connectivity index (χ2n) is 4.66. The molecule has 0 atom stereocenters. The third-order valence-electron chi connectivity index (χ3n) is 3.15. The molecule has 2 aromatic carbocycles. The van der Waals surface area contributed by atoms with E-state index in [-0.39, 0.29) is 5.56 Å². The molecule has 4 heteroatoms. The van der Waals surface area contributed by atoms with Crippen LogP contribution in [0.1, 0.15) is 22.3 Å². The highest BCUT2D eigenvalue weighted by molar-refractivity contribution is 9.10. The van der Waals surface area contributed by atoms with Gasteiger partial charge in [0.1, 0.15) is 11.9 Å². The highest BCUT2D eigenvalue weighted by Gasteiger charge is 2.09. The molecule has 2 rings (SSSR count). The lowest BCUT2D eigenvalue weighted by molar-refractivity contribution is 0.609. The van der Waals surface area contributed by atoms with Crippen molar-refractivity contribution in [3.05, 3.63) is 62.9 Å². The van der Waals surface area contributed by atoms with Crippen molar-refractivity contribution in [2.45, 2.75) is 20.4 Å². The fourth-order valence-electron chi connectivity index (χ4n) is 2.18. The Morgan fingerprint density at radius 2 is 1.90 bits per heavy atom. The number of nitriles is 1. The van der Waals surface area contributed by atoms with E-state index in [1.165, 1.54) is 6.07 Å². The van der Waals surface area contributed by atoms with Crippen LogP contribution in [-0.2, 0) is 6.54 Å². The lowest BCUT2D eigenvalue weighted by Crippen LogP contribution is -2.05. The van der Waals surface area contributed by atoms with E-state index in [4.69, 9.17) is 5.26 Å². The minimum Gasteiger partial charge on any atom is -0.380 e. The Hall–Kier alpha value is -1.86. The average molecular weight is 333 g/mol. The summed E-state index contributed by atoms with van der Waals surface area (Å²) < 4.78 is 15.0. The Bertz CT molecular complexity index is 666. The average Bonchev–Trinajstić information content (AvgIpc) is 2.39. The van der Waals surface area contributed by atoms with E-state index in [1.807, 2.05) is 32.0 Å². The van der Waals surface area contributed by atoms with Gasteiger partial charge in [-0.2, -0.15) is 5.26 Å². The smallest absolute Gasteiger partial charge is 0.145 e. The highest BCUT2D eigenvalue weighted by atomic mass is 79.9. The minimum absolute atomic E-state index is 0.0774. The molecule has 0 bridgehead atoms. The molecule has 102 valence electrons. The zero-order valence-corrected chi connectivity index (χ0v) is 12.9. The van der Waals surface area contributed by atoms with Crippen LogP contribution in [0, 0.1) is 31.0 Å². The number of nitrogens with one attached hydrogen (secondary N) is 1. The van der Waals surface area contributed by atoms with E-state index in [2.05, 4.69) is 21.2 Å². The van der Waals surface area contributed by atoms with Crippen LogP contribution in [0.15, 0.2) is 34.8 Å². The fourth-order valence-corrected chi connectivity index (χ4v) is 2.86. The van der Waals surface area contributed by atoms with Gasteiger partial charge in [0.25, 0.3) is 0 Å². The van der Waals surface area contributed by atoms with Gasteiger partial charge in [-0.3, -0.25) is 0 Å². The van der Waals surface area contributed by atoms with E-state index in [1.54, 1.807) is 12.1 Å². The Labute approximate surface area is 126 Å². The largest absolute Gasteiger partial charge is 0.380 e. The van der Waals surface area contributed by atoms with Crippen molar-refractivity contribution in [3.8, 4) is 6.07 Å². The number of halogens is 2. The third kappa shape index (κ3) is 3.00. The molecule has 0 heterocycles. The van der Waals surface area contributed by atoms with Crippen molar-refractivity contribution < 1.29 is 4.39 Å². The third-order valence-corrected chi connectivity index (χ3v) is 3.61. The normalized spacial score (nSPS) is 10.2. The molecule has 0 radical (unpaired) electrons. The lowest BCUT2D eigenvalue weighted by atomic mass is 10.1. The Balaban J connectivity index is 2.24.